The van der Waals surface area contributed by atoms with Crippen LogP contribution in [0.2, 0.25) is 0 Å². The van der Waals surface area contributed by atoms with Crippen LogP contribution in [0.1, 0.15) is 50.4 Å². The van der Waals surface area contributed by atoms with Gasteiger partial charge in [0.25, 0.3) is 0 Å². The van der Waals surface area contributed by atoms with Crippen LogP contribution in [0.5, 0.6) is 5.75 Å². The summed E-state index contributed by atoms with van der Waals surface area (Å²) >= 11 is 1.50. The molecule has 2 fully saturated rings. The average molecular weight is 403 g/mol. The summed E-state index contributed by atoms with van der Waals surface area (Å²) in [5.41, 5.74) is 0.978. The highest BCUT2D eigenvalue weighted by Crippen LogP contribution is 2.35. The molecule has 1 saturated carbocycles. The van der Waals surface area contributed by atoms with E-state index in [0.29, 0.717) is 19.2 Å². The first kappa shape index (κ1) is 19.1. The second kappa shape index (κ2) is 8.86. The number of cyclic esters (lactones) is 1. The van der Waals surface area contributed by atoms with E-state index in [2.05, 4.69) is 20.1 Å². The predicted molar refractivity (Wildman–Crippen MR) is 108 cm³/mol. The molecule has 1 saturated heterocycles. The molecule has 0 radical (unpaired) electrons. The Balaban J connectivity index is 1.54. The van der Waals surface area contributed by atoms with E-state index >= 15 is 0 Å². The fourth-order valence-corrected chi connectivity index (χ4v) is 4.93. The van der Waals surface area contributed by atoms with E-state index in [1.54, 1.807) is 7.11 Å². The summed E-state index contributed by atoms with van der Waals surface area (Å²) < 4.78 is 12.7. The number of nitrogens with zero attached hydrogens (tertiary/aromatic N) is 3. The van der Waals surface area contributed by atoms with Gasteiger partial charge in [-0.2, -0.15) is 0 Å². The van der Waals surface area contributed by atoms with Crippen molar-refractivity contribution in [2.45, 2.75) is 61.5 Å². The van der Waals surface area contributed by atoms with E-state index in [1.165, 1.54) is 31.0 Å². The fourth-order valence-electron chi connectivity index (χ4n) is 3.84. The van der Waals surface area contributed by atoms with Crippen molar-refractivity contribution in [1.29, 1.82) is 0 Å². The lowest BCUT2D eigenvalue weighted by molar-refractivity contribution is -0.137. The Kier molecular flexibility index (Phi) is 6.04. The molecular weight excluding hydrogens is 376 g/mol. The number of hydrogen-bond acceptors (Lipinski definition) is 7. The molecule has 0 bridgehead atoms. The van der Waals surface area contributed by atoms with Crippen LogP contribution in [0.4, 0.5) is 5.69 Å². The molecular formula is C20H26N4O3S. The molecule has 1 aromatic carbocycles. The SMILES string of the molecule is COc1cccc(NCc2nnc(SC3CCOC3=O)n2C2CCCCC2)c1. The molecule has 1 aromatic heterocycles. The van der Waals surface area contributed by atoms with Crippen LogP contribution in [0.25, 0.3) is 0 Å². The van der Waals surface area contributed by atoms with Crippen LogP contribution in [0.15, 0.2) is 29.4 Å². The van der Waals surface area contributed by atoms with Gasteiger partial charge in [0.2, 0.25) is 0 Å². The first-order chi connectivity index (χ1) is 13.7. The first-order valence-electron chi connectivity index (χ1n) is 9.89. The zero-order valence-corrected chi connectivity index (χ0v) is 16.9. The number of carbonyl (C=O) groups excluding carboxylic acids is 1. The molecule has 2 aliphatic rings. The van der Waals surface area contributed by atoms with Crippen molar-refractivity contribution in [3.8, 4) is 5.75 Å². The van der Waals surface area contributed by atoms with Gasteiger partial charge in [-0.15, -0.1) is 10.2 Å². The monoisotopic (exact) mass is 402 g/mol. The van der Waals surface area contributed by atoms with Gasteiger partial charge in [0.15, 0.2) is 11.0 Å². The Hall–Kier alpha value is -2.22. The van der Waals surface area contributed by atoms with Crippen LogP contribution < -0.4 is 10.1 Å². The van der Waals surface area contributed by atoms with Gasteiger partial charge in [-0.3, -0.25) is 4.79 Å². The molecule has 2 heterocycles. The Morgan fingerprint density at radius 1 is 1.25 bits per heavy atom. The molecule has 0 amide bonds. The normalized spacial score (nSPS) is 20.2. The second-order valence-corrected chi connectivity index (χ2v) is 8.38. The quantitative estimate of drug-likeness (QED) is 0.706. The lowest BCUT2D eigenvalue weighted by atomic mass is 9.95. The maximum Gasteiger partial charge on any atom is 0.319 e. The number of thioether (sulfide) groups is 1. The summed E-state index contributed by atoms with van der Waals surface area (Å²) in [6, 6.07) is 8.25. The standard InChI is InChI=1S/C20H26N4O3S/c1-26-16-9-5-6-14(12-16)21-13-18-22-23-20(28-17-10-11-27-19(17)25)24(18)15-7-3-2-4-8-15/h5-6,9,12,15,17,21H,2-4,7-8,10-11,13H2,1H3. The Morgan fingerprint density at radius 2 is 2.11 bits per heavy atom. The van der Waals surface area contributed by atoms with Gasteiger partial charge in [0, 0.05) is 24.2 Å². The van der Waals surface area contributed by atoms with Crippen LogP contribution in [-0.2, 0) is 16.1 Å². The zero-order valence-electron chi connectivity index (χ0n) is 16.1. The topological polar surface area (TPSA) is 78.3 Å². The fraction of sp³-hybridized carbons (Fsp3) is 0.550. The highest BCUT2D eigenvalue weighted by Gasteiger charge is 2.31. The summed E-state index contributed by atoms with van der Waals surface area (Å²) in [4.78, 5) is 11.9. The highest BCUT2D eigenvalue weighted by molar-refractivity contribution is 8.00. The molecule has 2 aromatic rings. The highest BCUT2D eigenvalue weighted by atomic mass is 32.2. The molecule has 4 rings (SSSR count). The lowest BCUT2D eigenvalue weighted by Gasteiger charge is -2.26. The predicted octanol–water partition coefficient (Wildman–Crippen LogP) is 3.81. The van der Waals surface area contributed by atoms with Crippen LogP contribution >= 0.6 is 11.8 Å². The summed E-state index contributed by atoms with van der Waals surface area (Å²) in [7, 11) is 1.66. The smallest absolute Gasteiger partial charge is 0.319 e. The van der Waals surface area contributed by atoms with E-state index in [-0.39, 0.29) is 11.2 Å². The van der Waals surface area contributed by atoms with Crippen LogP contribution in [0.3, 0.4) is 0 Å². The molecule has 1 unspecified atom stereocenters. The van der Waals surface area contributed by atoms with Gasteiger partial charge in [0.05, 0.1) is 20.3 Å². The Labute approximate surface area is 169 Å². The third kappa shape index (κ3) is 4.27. The molecule has 1 aliphatic heterocycles. The van der Waals surface area contributed by atoms with Crippen molar-refractivity contribution < 1.29 is 14.3 Å². The zero-order chi connectivity index (χ0) is 19.3. The molecule has 0 spiro atoms. The van der Waals surface area contributed by atoms with Gasteiger partial charge in [-0.1, -0.05) is 37.1 Å². The van der Waals surface area contributed by atoms with Gasteiger partial charge >= 0.3 is 5.97 Å². The number of nitrogens with one attached hydrogen (secondary N) is 1. The first-order valence-corrected chi connectivity index (χ1v) is 10.8. The molecule has 1 N–H and O–H groups in total. The minimum absolute atomic E-state index is 0.140. The molecule has 8 heteroatoms. The molecule has 150 valence electrons. The largest absolute Gasteiger partial charge is 0.497 e. The van der Waals surface area contributed by atoms with Crippen molar-refractivity contribution in [3.05, 3.63) is 30.1 Å². The number of benzene rings is 1. The number of aromatic nitrogens is 3. The van der Waals surface area contributed by atoms with Crippen molar-refractivity contribution in [2.24, 2.45) is 0 Å². The summed E-state index contributed by atoms with van der Waals surface area (Å²) in [6.45, 7) is 1.07. The van der Waals surface area contributed by atoms with Gasteiger partial charge < -0.3 is 19.4 Å². The van der Waals surface area contributed by atoms with Crippen molar-refractivity contribution >= 4 is 23.4 Å². The number of ether oxygens (including phenoxy) is 2. The Morgan fingerprint density at radius 3 is 2.86 bits per heavy atom. The second-order valence-electron chi connectivity index (χ2n) is 7.21. The third-order valence-electron chi connectivity index (χ3n) is 5.33. The molecule has 1 atom stereocenters. The van der Waals surface area contributed by atoms with E-state index in [4.69, 9.17) is 9.47 Å². The van der Waals surface area contributed by atoms with E-state index in [0.717, 1.165) is 41.7 Å². The van der Waals surface area contributed by atoms with Crippen molar-refractivity contribution in [2.75, 3.05) is 19.0 Å². The van der Waals surface area contributed by atoms with Crippen molar-refractivity contribution in [1.82, 2.24) is 14.8 Å². The van der Waals surface area contributed by atoms with Gasteiger partial charge in [0.1, 0.15) is 11.0 Å². The summed E-state index contributed by atoms with van der Waals surface area (Å²) in [6.07, 6.45) is 6.73. The van der Waals surface area contributed by atoms with Crippen LogP contribution in [0, 0.1) is 0 Å². The average Bonchev–Trinajstić information content (AvgIpc) is 3.33. The van der Waals surface area contributed by atoms with Crippen LogP contribution in [-0.4, -0.2) is 39.7 Å². The van der Waals surface area contributed by atoms with Gasteiger partial charge in [-0.25, -0.2) is 0 Å². The van der Waals surface area contributed by atoms with Gasteiger partial charge in [-0.05, 0) is 25.0 Å². The molecule has 28 heavy (non-hydrogen) atoms. The van der Waals surface area contributed by atoms with Crippen molar-refractivity contribution in [3.63, 3.8) is 0 Å². The minimum atomic E-state index is -0.175. The lowest BCUT2D eigenvalue weighted by Crippen LogP contribution is -2.19. The number of anilines is 1. The molecule has 7 nitrogen and oxygen atoms in total. The third-order valence-corrected chi connectivity index (χ3v) is 6.53. The van der Waals surface area contributed by atoms with E-state index in [1.807, 2.05) is 24.3 Å². The Bertz CT molecular complexity index is 820. The minimum Gasteiger partial charge on any atom is -0.497 e. The summed E-state index contributed by atoms with van der Waals surface area (Å²) in [5, 5.41) is 13.0. The number of rotatable bonds is 7. The number of esters is 1. The number of methoxy groups -OCH3 is 1. The van der Waals surface area contributed by atoms with E-state index in [9.17, 15) is 4.79 Å². The maximum atomic E-state index is 11.9. The number of hydrogen-bond donors (Lipinski definition) is 1. The maximum absolute atomic E-state index is 11.9. The molecule has 1 aliphatic carbocycles. The summed E-state index contributed by atoms with van der Waals surface area (Å²) in [5.74, 6) is 1.58. The van der Waals surface area contributed by atoms with E-state index < -0.39 is 0 Å². The number of carbonyl (C=O) groups is 1.